The number of hydrogen-bond donors (Lipinski definition) is 6. The predicted octanol–water partition coefficient (Wildman–Crippen LogP) is -0.530. The van der Waals surface area contributed by atoms with Crippen LogP contribution in [0.25, 0.3) is 11.2 Å². The number of nitrogens with one attached hydrogen (secondary N) is 2. The number of fused-ring (bicyclic) bond motifs is 1. The van der Waals surface area contributed by atoms with Crippen molar-refractivity contribution in [2.24, 2.45) is 0 Å². The van der Waals surface area contributed by atoms with E-state index in [4.69, 9.17) is 10.8 Å². The normalized spacial score (nSPS) is 12.1. The SMILES string of the molecule is Nc1nc2ncc(CNc3ccc(C(=O)N([C@@H](CCC(=O)O)C(=O)O)S(=O)(=O)O)cc3)nc2c(=O)[nH]1. The zero-order chi connectivity index (χ0) is 26.6. The standard InChI is InChI=1S/C19H19N7O9S/c20-19-24-15-14(16(29)25-19)23-11(8-22-15)7-21-10-3-1-9(2-4-10)17(30)26(36(33,34)35)12(18(31)32)5-6-13(27)28/h1-4,8,12,21H,5-7H2,(H,27,28)(H,31,32)(H,33,34,35)(H3,20,22,24,25,29)/t12-/m0/s1. The lowest BCUT2D eigenvalue weighted by Crippen LogP contribution is -2.48. The van der Waals surface area contributed by atoms with Crippen molar-refractivity contribution in [2.75, 3.05) is 11.1 Å². The van der Waals surface area contributed by atoms with Crippen LogP contribution in [0.15, 0.2) is 35.3 Å². The van der Waals surface area contributed by atoms with Gasteiger partial charge in [-0.05, 0) is 30.7 Å². The molecule has 3 rings (SSSR count). The van der Waals surface area contributed by atoms with Crippen molar-refractivity contribution in [3.05, 3.63) is 52.1 Å². The highest BCUT2D eigenvalue weighted by Crippen LogP contribution is 2.19. The van der Waals surface area contributed by atoms with Gasteiger partial charge in [0, 0.05) is 17.7 Å². The zero-order valence-electron chi connectivity index (χ0n) is 18.2. The Labute approximate surface area is 201 Å². The average Bonchev–Trinajstić information content (AvgIpc) is 2.79. The largest absolute Gasteiger partial charge is 0.481 e. The number of amides is 1. The third-order valence-corrected chi connectivity index (χ3v) is 5.66. The summed E-state index contributed by atoms with van der Waals surface area (Å²) in [5, 5.41) is 21.0. The number of nitrogens with zero attached hydrogens (tertiary/aromatic N) is 4. The third-order valence-electron chi connectivity index (χ3n) is 4.74. The van der Waals surface area contributed by atoms with Gasteiger partial charge in [0.15, 0.2) is 11.2 Å². The molecule has 190 valence electrons. The number of carboxylic acids is 2. The molecule has 1 atom stereocenters. The van der Waals surface area contributed by atoms with Crippen molar-refractivity contribution < 1.29 is 37.6 Å². The van der Waals surface area contributed by atoms with Gasteiger partial charge in [-0.15, -0.1) is 0 Å². The van der Waals surface area contributed by atoms with Gasteiger partial charge in [-0.2, -0.15) is 17.7 Å². The molecule has 3 aromatic rings. The second-order valence-corrected chi connectivity index (χ2v) is 8.57. The van der Waals surface area contributed by atoms with E-state index in [2.05, 4.69) is 25.3 Å². The maximum atomic E-state index is 12.7. The van der Waals surface area contributed by atoms with Crippen molar-refractivity contribution in [1.82, 2.24) is 24.2 Å². The number of aliphatic carboxylic acids is 2. The molecule has 2 heterocycles. The maximum Gasteiger partial charge on any atom is 0.363 e. The number of aromatic amines is 1. The molecule has 0 bridgehead atoms. The van der Waals surface area contributed by atoms with Crippen LogP contribution in [0.2, 0.25) is 0 Å². The molecule has 0 saturated heterocycles. The number of benzene rings is 1. The molecule has 36 heavy (non-hydrogen) atoms. The first kappa shape index (κ1) is 26.0. The zero-order valence-corrected chi connectivity index (χ0v) is 19.0. The summed E-state index contributed by atoms with van der Waals surface area (Å²) in [6.45, 7) is 0.0907. The summed E-state index contributed by atoms with van der Waals surface area (Å²) >= 11 is 0. The van der Waals surface area contributed by atoms with E-state index < -0.39 is 52.6 Å². The number of nitrogen functional groups attached to an aromatic ring is 1. The Morgan fingerprint density at radius 2 is 1.81 bits per heavy atom. The van der Waals surface area contributed by atoms with Crippen LogP contribution in [0.1, 0.15) is 28.9 Å². The molecule has 0 aliphatic heterocycles. The molecule has 0 unspecified atom stereocenters. The van der Waals surface area contributed by atoms with E-state index in [1.54, 1.807) is 0 Å². The highest BCUT2D eigenvalue weighted by Gasteiger charge is 2.38. The van der Waals surface area contributed by atoms with Crippen LogP contribution in [0.5, 0.6) is 0 Å². The molecule has 0 aliphatic rings. The molecule has 17 heteroatoms. The van der Waals surface area contributed by atoms with E-state index in [1.165, 1.54) is 30.5 Å². The van der Waals surface area contributed by atoms with Gasteiger partial charge in [0.05, 0.1) is 18.4 Å². The molecule has 1 amide bonds. The lowest BCUT2D eigenvalue weighted by molar-refractivity contribution is -0.142. The van der Waals surface area contributed by atoms with Crippen LogP contribution in [0, 0.1) is 0 Å². The van der Waals surface area contributed by atoms with E-state index >= 15 is 0 Å². The van der Waals surface area contributed by atoms with Crippen LogP contribution in [-0.2, 0) is 26.4 Å². The van der Waals surface area contributed by atoms with Crippen LogP contribution in [0.3, 0.4) is 0 Å². The fraction of sp³-hybridized carbons (Fsp3) is 0.211. The summed E-state index contributed by atoms with van der Waals surface area (Å²) in [6, 6.07) is 2.93. The lowest BCUT2D eigenvalue weighted by atomic mass is 10.1. The number of carbonyl (C=O) groups is 3. The molecule has 0 aliphatic carbocycles. The monoisotopic (exact) mass is 521 g/mol. The second-order valence-electron chi connectivity index (χ2n) is 7.28. The number of anilines is 2. The molecule has 0 radical (unpaired) electrons. The van der Waals surface area contributed by atoms with E-state index in [0.29, 0.717) is 11.4 Å². The fourth-order valence-corrected chi connectivity index (χ4v) is 3.95. The lowest BCUT2D eigenvalue weighted by Gasteiger charge is -2.25. The van der Waals surface area contributed by atoms with Gasteiger partial charge >= 0.3 is 22.2 Å². The number of nitrogens with two attached hydrogens (primary N) is 1. The molecular weight excluding hydrogens is 502 g/mol. The second kappa shape index (κ2) is 10.3. The van der Waals surface area contributed by atoms with E-state index in [-0.39, 0.29) is 33.5 Å². The molecule has 0 saturated carbocycles. The van der Waals surface area contributed by atoms with Crippen LogP contribution in [0.4, 0.5) is 11.6 Å². The Morgan fingerprint density at radius 3 is 2.39 bits per heavy atom. The molecule has 16 nitrogen and oxygen atoms in total. The smallest absolute Gasteiger partial charge is 0.363 e. The van der Waals surface area contributed by atoms with Gasteiger partial charge in [0.25, 0.3) is 11.5 Å². The van der Waals surface area contributed by atoms with Crippen LogP contribution < -0.4 is 16.6 Å². The van der Waals surface area contributed by atoms with Gasteiger partial charge in [0.2, 0.25) is 5.95 Å². The summed E-state index contributed by atoms with van der Waals surface area (Å²) < 4.78 is 32.8. The molecule has 0 spiro atoms. The van der Waals surface area contributed by atoms with Crippen molar-refractivity contribution in [3.63, 3.8) is 0 Å². The van der Waals surface area contributed by atoms with Gasteiger partial charge in [-0.1, -0.05) is 0 Å². The number of carbonyl (C=O) groups excluding carboxylic acids is 1. The first-order chi connectivity index (χ1) is 16.9. The average molecular weight is 521 g/mol. The topological polar surface area (TPSA) is 259 Å². The molecule has 2 aromatic heterocycles. The van der Waals surface area contributed by atoms with Crippen LogP contribution >= 0.6 is 0 Å². The minimum Gasteiger partial charge on any atom is -0.481 e. The number of H-pyrrole nitrogens is 1. The molecular formula is C19H19N7O9S. The molecule has 1 aromatic carbocycles. The number of carboxylic acid groups (broad SMARTS) is 2. The van der Waals surface area contributed by atoms with Gasteiger partial charge in [-0.3, -0.25) is 23.9 Å². The van der Waals surface area contributed by atoms with E-state index in [9.17, 15) is 37.3 Å². The van der Waals surface area contributed by atoms with E-state index in [1.807, 2.05) is 0 Å². The van der Waals surface area contributed by atoms with Crippen molar-refractivity contribution in [2.45, 2.75) is 25.4 Å². The Balaban J connectivity index is 1.77. The summed E-state index contributed by atoms with van der Waals surface area (Å²) in [5.41, 5.74) is 5.43. The van der Waals surface area contributed by atoms with Crippen molar-refractivity contribution >= 4 is 50.9 Å². The van der Waals surface area contributed by atoms with Crippen LogP contribution in [-0.4, -0.2) is 71.3 Å². The summed E-state index contributed by atoms with van der Waals surface area (Å²) in [5.74, 6) is -4.70. The minimum absolute atomic E-state index is 0.0226. The quantitative estimate of drug-likeness (QED) is 0.183. The highest BCUT2D eigenvalue weighted by atomic mass is 32.2. The van der Waals surface area contributed by atoms with Crippen molar-refractivity contribution in [1.29, 1.82) is 0 Å². The van der Waals surface area contributed by atoms with Gasteiger partial charge < -0.3 is 21.3 Å². The summed E-state index contributed by atoms with van der Waals surface area (Å²) in [4.78, 5) is 61.3. The molecule has 0 fully saturated rings. The summed E-state index contributed by atoms with van der Waals surface area (Å²) in [7, 11) is -5.35. The Hall–Kier alpha value is -4.64. The fourth-order valence-electron chi connectivity index (χ4n) is 3.12. The van der Waals surface area contributed by atoms with Crippen molar-refractivity contribution in [3.8, 4) is 0 Å². The Bertz CT molecular complexity index is 1490. The minimum atomic E-state index is -5.35. The first-order valence-corrected chi connectivity index (χ1v) is 11.4. The van der Waals surface area contributed by atoms with Gasteiger partial charge in [0.1, 0.15) is 6.04 Å². The predicted molar refractivity (Wildman–Crippen MR) is 122 cm³/mol. The maximum absolute atomic E-state index is 12.7. The number of hydrogen-bond acceptors (Lipinski definition) is 11. The van der Waals surface area contributed by atoms with Gasteiger partial charge in [-0.25, -0.2) is 14.8 Å². The first-order valence-electron chi connectivity index (χ1n) is 9.98. The highest BCUT2D eigenvalue weighted by molar-refractivity contribution is 7.84. The third kappa shape index (κ3) is 6.07. The Kier molecular flexibility index (Phi) is 7.45. The number of aromatic nitrogens is 4. The summed E-state index contributed by atoms with van der Waals surface area (Å²) in [6.07, 6.45) is -0.147. The molecule has 7 N–H and O–H groups in total. The number of rotatable bonds is 10. The Morgan fingerprint density at radius 1 is 1.14 bits per heavy atom. The van der Waals surface area contributed by atoms with E-state index in [0.717, 1.165) is 0 Å².